The van der Waals surface area contributed by atoms with Gasteiger partial charge in [0.25, 0.3) is 5.91 Å². The third-order valence-electron chi connectivity index (χ3n) is 6.20. The first-order chi connectivity index (χ1) is 16.1. The van der Waals surface area contributed by atoms with E-state index in [9.17, 15) is 4.79 Å². The second-order valence-electron chi connectivity index (χ2n) is 8.41. The second-order valence-corrected chi connectivity index (χ2v) is 10.4. The first kappa shape index (κ1) is 20.7. The number of furan rings is 1. The van der Waals surface area contributed by atoms with Crippen LogP contribution in [0.2, 0.25) is 0 Å². The van der Waals surface area contributed by atoms with E-state index in [1.165, 1.54) is 16.0 Å². The molecule has 33 heavy (non-hydrogen) atoms. The summed E-state index contributed by atoms with van der Waals surface area (Å²) in [5, 5.41) is 7.54. The molecule has 1 atom stereocenters. The van der Waals surface area contributed by atoms with Crippen molar-refractivity contribution in [3.63, 3.8) is 0 Å². The topological polar surface area (TPSA) is 57.5 Å². The number of hydrogen-bond acceptors (Lipinski definition) is 5. The van der Waals surface area contributed by atoms with Gasteiger partial charge in [-0.2, -0.15) is 0 Å². The number of halogens is 1. The van der Waals surface area contributed by atoms with Crippen molar-refractivity contribution in [1.82, 2.24) is 10.2 Å². The molecule has 0 aliphatic carbocycles. The molecule has 0 fully saturated rings. The smallest absolute Gasteiger partial charge is 0.256 e. The predicted octanol–water partition coefficient (Wildman–Crippen LogP) is 6.18. The highest BCUT2D eigenvalue weighted by molar-refractivity contribution is 9.10. The molecular weight excluding hydrogens is 498 g/mol. The van der Waals surface area contributed by atoms with Crippen molar-refractivity contribution in [3.05, 3.63) is 98.5 Å². The van der Waals surface area contributed by atoms with Crippen molar-refractivity contribution >= 4 is 38.2 Å². The number of amides is 1. The summed E-state index contributed by atoms with van der Waals surface area (Å²) in [4.78, 5) is 16.8. The molecule has 0 unspecified atom stereocenters. The Hall–Kier alpha value is -2.87. The minimum Gasteiger partial charge on any atom is -0.457 e. The Kier molecular flexibility index (Phi) is 5.32. The van der Waals surface area contributed by atoms with Crippen molar-refractivity contribution in [2.24, 2.45) is 0 Å². The summed E-state index contributed by atoms with van der Waals surface area (Å²) in [6.45, 7) is 2.75. The van der Waals surface area contributed by atoms with Crippen molar-refractivity contribution in [3.8, 4) is 11.3 Å². The molecule has 0 saturated carbocycles. The highest BCUT2D eigenvalue weighted by Crippen LogP contribution is 2.41. The molecule has 5 nitrogen and oxygen atoms in total. The van der Waals surface area contributed by atoms with E-state index < -0.39 is 0 Å². The molecule has 2 aromatic heterocycles. The number of anilines is 1. The lowest BCUT2D eigenvalue weighted by molar-refractivity contribution is 0.0930. The summed E-state index contributed by atoms with van der Waals surface area (Å²) in [5.41, 5.74) is 4.32. The van der Waals surface area contributed by atoms with Crippen LogP contribution >= 0.6 is 27.3 Å². The summed E-state index contributed by atoms with van der Waals surface area (Å²) >= 11 is 5.16. The van der Waals surface area contributed by atoms with Gasteiger partial charge in [0.05, 0.1) is 5.56 Å². The van der Waals surface area contributed by atoms with Crippen LogP contribution in [0.15, 0.2) is 75.6 Å². The van der Waals surface area contributed by atoms with Gasteiger partial charge in [-0.05, 0) is 41.8 Å². The van der Waals surface area contributed by atoms with E-state index in [1.54, 1.807) is 11.3 Å². The number of hydrogen-bond donors (Lipinski definition) is 2. The number of rotatable bonds is 4. The van der Waals surface area contributed by atoms with Crippen LogP contribution in [0.4, 0.5) is 5.00 Å². The summed E-state index contributed by atoms with van der Waals surface area (Å²) < 4.78 is 7.13. The fourth-order valence-corrected chi connectivity index (χ4v) is 6.14. The lowest BCUT2D eigenvalue weighted by Crippen LogP contribution is -2.38. The number of carbonyl (C=O) groups excluding carboxylic acids is 1. The molecule has 0 radical (unpaired) electrons. The van der Waals surface area contributed by atoms with Gasteiger partial charge in [0.15, 0.2) is 6.17 Å². The molecule has 6 rings (SSSR count). The summed E-state index contributed by atoms with van der Waals surface area (Å²) in [6, 6.07) is 22.4. The van der Waals surface area contributed by atoms with Gasteiger partial charge in [-0.25, -0.2) is 0 Å². The highest BCUT2D eigenvalue weighted by atomic mass is 79.9. The first-order valence-electron chi connectivity index (χ1n) is 11.0. The maximum Gasteiger partial charge on any atom is 0.256 e. The number of thiophene rings is 1. The van der Waals surface area contributed by atoms with Gasteiger partial charge in [0.2, 0.25) is 0 Å². The van der Waals surface area contributed by atoms with E-state index in [0.717, 1.165) is 52.4 Å². The maximum absolute atomic E-state index is 13.1. The molecule has 2 N–H and O–H groups in total. The van der Waals surface area contributed by atoms with Gasteiger partial charge in [-0.1, -0.05) is 58.4 Å². The number of carbonyl (C=O) groups is 1. The SMILES string of the molecule is O=C1N[C@H](c2ccc(-c3ccc(Br)cc3)o2)Nc2sc3c(c21)CCN(Cc1ccccc1)C3. The predicted molar refractivity (Wildman–Crippen MR) is 134 cm³/mol. The summed E-state index contributed by atoms with van der Waals surface area (Å²) in [7, 11) is 0. The molecule has 4 aromatic rings. The molecule has 2 aliphatic heterocycles. The quantitative estimate of drug-likeness (QED) is 0.337. The third kappa shape index (κ3) is 4.01. The van der Waals surface area contributed by atoms with E-state index >= 15 is 0 Å². The number of benzene rings is 2. The Morgan fingerprint density at radius 3 is 2.67 bits per heavy atom. The average molecular weight is 520 g/mol. The third-order valence-corrected chi connectivity index (χ3v) is 7.88. The van der Waals surface area contributed by atoms with Gasteiger partial charge in [-0.3, -0.25) is 9.69 Å². The zero-order valence-corrected chi connectivity index (χ0v) is 20.2. The monoisotopic (exact) mass is 519 g/mol. The van der Waals surface area contributed by atoms with E-state index in [4.69, 9.17) is 4.42 Å². The molecule has 2 aliphatic rings. The summed E-state index contributed by atoms with van der Waals surface area (Å²) in [5.74, 6) is 1.45. The Morgan fingerprint density at radius 1 is 1.03 bits per heavy atom. The Morgan fingerprint density at radius 2 is 1.85 bits per heavy atom. The van der Waals surface area contributed by atoms with E-state index in [1.807, 2.05) is 42.5 Å². The minimum absolute atomic E-state index is 0.0237. The van der Waals surface area contributed by atoms with Crippen LogP contribution in [-0.2, 0) is 19.5 Å². The van der Waals surface area contributed by atoms with Gasteiger partial charge in [0, 0.05) is 34.5 Å². The number of nitrogens with zero attached hydrogens (tertiary/aromatic N) is 1. The standard InChI is InChI=1S/C26H22BrN3O2S/c27-18-8-6-17(7-9-18)20-10-11-21(32-20)24-28-25(31)23-19-12-13-30(14-16-4-2-1-3-5-16)15-22(19)33-26(23)29-24/h1-11,24,29H,12-15H2,(H,28,31)/t24-/m0/s1. The van der Waals surface area contributed by atoms with Crippen LogP contribution in [-0.4, -0.2) is 17.4 Å². The van der Waals surface area contributed by atoms with Crippen molar-refractivity contribution in [2.45, 2.75) is 25.7 Å². The Balaban J connectivity index is 1.22. The minimum atomic E-state index is -0.380. The molecule has 2 aromatic carbocycles. The number of fused-ring (bicyclic) bond motifs is 3. The fourth-order valence-electron chi connectivity index (χ4n) is 4.56. The van der Waals surface area contributed by atoms with Gasteiger partial charge >= 0.3 is 0 Å². The normalized spacial score (nSPS) is 17.7. The molecule has 0 saturated heterocycles. The van der Waals surface area contributed by atoms with Crippen LogP contribution in [0.3, 0.4) is 0 Å². The zero-order chi connectivity index (χ0) is 22.4. The lowest BCUT2D eigenvalue weighted by Gasteiger charge is -2.28. The fraction of sp³-hybridized carbons (Fsp3) is 0.192. The van der Waals surface area contributed by atoms with Gasteiger partial charge < -0.3 is 15.1 Å². The molecule has 7 heteroatoms. The van der Waals surface area contributed by atoms with Crippen molar-refractivity contribution in [2.75, 3.05) is 11.9 Å². The van der Waals surface area contributed by atoms with Crippen molar-refractivity contribution in [1.29, 1.82) is 0 Å². The summed E-state index contributed by atoms with van der Waals surface area (Å²) in [6.07, 6.45) is 0.511. The van der Waals surface area contributed by atoms with Crippen LogP contribution in [0.5, 0.6) is 0 Å². The van der Waals surface area contributed by atoms with Crippen LogP contribution in [0.1, 0.15) is 38.3 Å². The Labute approximate surface area is 204 Å². The van der Waals surface area contributed by atoms with Crippen molar-refractivity contribution < 1.29 is 9.21 Å². The number of nitrogens with one attached hydrogen (secondary N) is 2. The Bertz CT molecular complexity index is 1310. The largest absolute Gasteiger partial charge is 0.457 e. The van der Waals surface area contributed by atoms with Crippen LogP contribution in [0.25, 0.3) is 11.3 Å². The molecule has 0 spiro atoms. The molecule has 166 valence electrons. The van der Waals surface area contributed by atoms with E-state index in [2.05, 4.69) is 55.7 Å². The molecule has 0 bridgehead atoms. The molecular formula is C26H22BrN3O2S. The highest BCUT2D eigenvalue weighted by Gasteiger charge is 2.34. The van der Waals surface area contributed by atoms with Crippen LogP contribution < -0.4 is 10.6 Å². The zero-order valence-electron chi connectivity index (χ0n) is 17.8. The van der Waals surface area contributed by atoms with Crippen LogP contribution in [0, 0.1) is 0 Å². The molecule has 4 heterocycles. The molecule has 1 amide bonds. The van der Waals surface area contributed by atoms with E-state index in [0.29, 0.717) is 5.76 Å². The average Bonchev–Trinajstić information content (AvgIpc) is 3.45. The lowest BCUT2D eigenvalue weighted by atomic mass is 10.0. The second kappa shape index (κ2) is 8.48. The first-order valence-corrected chi connectivity index (χ1v) is 12.6. The van der Waals surface area contributed by atoms with Gasteiger partial charge in [0.1, 0.15) is 16.5 Å². The van der Waals surface area contributed by atoms with Gasteiger partial charge in [-0.15, -0.1) is 11.3 Å². The van der Waals surface area contributed by atoms with E-state index in [-0.39, 0.29) is 12.1 Å². The maximum atomic E-state index is 13.1.